The van der Waals surface area contributed by atoms with Crippen molar-refractivity contribution in [3.8, 4) is 0 Å². The maximum Gasteiger partial charge on any atom is 0.310 e. The number of hydrogen-bond acceptors (Lipinski definition) is 5. The van der Waals surface area contributed by atoms with Crippen LogP contribution < -0.4 is 0 Å². The van der Waals surface area contributed by atoms with Gasteiger partial charge in [0.2, 0.25) is 0 Å². The molecule has 1 amide bonds. The third-order valence-electron chi connectivity index (χ3n) is 7.53. The van der Waals surface area contributed by atoms with Gasteiger partial charge in [-0.05, 0) is 55.8 Å². The summed E-state index contributed by atoms with van der Waals surface area (Å²) in [7, 11) is 0. The summed E-state index contributed by atoms with van der Waals surface area (Å²) in [6.07, 6.45) is 7.52. The van der Waals surface area contributed by atoms with Gasteiger partial charge in [-0.2, -0.15) is 0 Å². The van der Waals surface area contributed by atoms with Gasteiger partial charge in [0.1, 0.15) is 0 Å². The Hall–Kier alpha value is -1.14. The fourth-order valence-corrected chi connectivity index (χ4v) is 6.51. The number of rotatable bonds is 3. The number of amides is 1. The van der Waals surface area contributed by atoms with Crippen LogP contribution in [-0.2, 0) is 23.8 Å². The molecule has 0 N–H and O–H groups in total. The van der Waals surface area contributed by atoms with Crippen molar-refractivity contribution in [1.82, 2.24) is 4.90 Å². The van der Waals surface area contributed by atoms with Gasteiger partial charge >= 0.3 is 5.97 Å². The number of likely N-dealkylation sites (tertiary alicyclic amines) is 1. The van der Waals surface area contributed by atoms with Gasteiger partial charge < -0.3 is 19.1 Å². The number of carbonyl (C=O) groups excluding carboxylic acids is 2. The summed E-state index contributed by atoms with van der Waals surface area (Å²) in [4.78, 5) is 26.9. The molecule has 0 unspecified atom stereocenters. The lowest BCUT2D eigenvalue weighted by Crippen LogP contribution is -2.50. The third kappa shape index (κ3) is 2.95. The zero-order valence-electron chi connectivity index (χ0n) is 15.4. The van der Waals surface area contributed by atoms with E-state index in [9.17, 15) is 9.59 Å². The Morgan fingerprint density at radius 1 is 0.923 bits per heavy atom. The molecule has 2 heterocycles. The highest BCUT2D eigenvalue weighted by molar-refractivity contribution is 5.81. The topological polar surface area (TPSA) is 65.1 Å². The molecule has 0 atom stereocenters. The first-order valence-electron chi connectivity index (χ1n) is 10.3. The second-order valence-electron chi connectivity index (χ2n) is 9.05. The largest absolute Gasteiger partial charge is 0.455 e. The van der Waals surface area contributed by atoms with Crippen molar-refractivity contribution in [2.45, 2.75) is 50.7 Å². The number of ether oxygens (including phenoxy) is 3. The van der Waals surface area contributed by atoms with Gasteiger partial charge in [-0.25, -0.2) is 0 Å². The molecule has 4 aliphatic carbocycles. The number of piperidine rings is 1. The molecular formula is C20H29NO5. The van der Waals surface area contributed by atoms with E-state index in [0.717, 1.165) is 11.8 Å². The molecule has 6 aliphatic rings. The molecular weight excluding hydrogens is 334 g/mol. The predicted octanol–water partition coefficient (Wildman–Crippen LogP) is 1.97. The summed E-state index contributed by atoms with van der Waals surface area (Å²) in [5, 5.41) is 0. The van der Waals surface area contributed by atoms with Crippen molar-refractivity contribution in [3.63, 3.8) is 0 Å². The number of carbonyl (C=O) groups is 2. The maximum absolute atomic E-state index is 12.7. The first kappa shape index (κ1) is 17.0. The van der Waals surface area contributed by atoms with Crippen molar-refractivity contribution < 1.29 is 23.8 Å². The van der Waals surface area contributed by atoms with E-state index in [4.69, 9.17) is 14.2 Å². The van der Waals surface area contributed by atoms with Crippen LogP contribution in [0.15, 0.2) is 0 Å². The third-order valence-corrected chi connectivity index (χ3v) is 7.53. The average molecular weight is 363 g/mol. The van der Waals surface area contributed by atoms with Gasteiger partial charge in [0, 0.05) is 25.9 Å². The van der Waals surface area contributed by atoms with Gasteiger partial charge in [0.05, 0.1) is 19.1 Å². The van der Waals surface area contributed by atoms with E-state index in [0.29, 0.717) is 51.0 Å². The fourth-order valence-electron chi connectivity index (χ4n) is 6.51. The predicted molar refractivity (Wildman–Crippen MR) is 91.9 cm³/mol. The van der Waals surface area contributed by atoms with Gasteiger partial charge in [0.25, 0.3) is 5.91 Å². The van der Waals surface area contributed by atoms with Crippen LogP contribution in [0.5, 0.6) is 0 Å². The molecule has 0 aromatic heterocycles. The summed E-state index contributed by atoms with van der Waals surface area (Å²) in [5.41, 5.74) is 0. The van der Waals surface area contributed by atoms with E-state index in [1.54, 1.807) is 4.90 Å². The molecule has 0 aromatic rings. The number of nitrogens with zero attached hydrogens (tertiary/aromatic N) is 1. The Bertz CT molecular complexity index is 547. The average Bonchev–Trinajstić information content (AvgIpc) is 3.07. The van der Waals surface area contributed by atoms with E-state index < -0.39 is 5.79 Å². The van der Waals surface area contributed by atoms with Crippen molar-refractivity contribution in [1.29, 1.82) is 0 Å². The van der Waals surface area contributed by atoms with E-state index in [-0.39, 0.29) is 24.4 Å². The lowest BCUT2D eigenvalue weighted by atomic mass is 9.52. The summed E-state index contributed by atoms with van der Waals surface area (Å²) >= 11 is 0. The van der Waals surface area contributed by atoms with E-state index in [1.165, 1.54) is 32.1 Å². The summed E-state index contributed by atoms with van der Waals surface area (Å²) < 4.78 is 16.9. The smallest absolute Gasteiger partial charge is 0.310 e. The highest BCUT2D eigenvalue weighted by atomic mass is 16.7. The van der Waals surface area contributed by atoms with E-state index in [2.05, 4.69) is 0 Å². The Kier molecular flexibility index (Phi) is 4.24. The molecule has 2 aliphatic heterocycles. The van der Waals surface area contributed by atoms with Gasteiger partial charge in [-0.15, -0.1) is 0 Å². The van der Waals surface area contributed by atoms with E-state index >= 15 is 0 Å². The molecule has 0 aromatic carbocycles. The zero-order valence-corrected chi connectivity index (χ0v) is 15.4. The minimum atomic E-state index is -0.478. The Morgan fingerprint density at radius 2 is 1.50 bits per heavy atom. The molecule has 1 spiro atoms. The van der Waals surface area contributed by atoms with Crippen LogP contribution in [0.3, 0.4) is 0 Å². The Morgan fingerprint density at radius 3 is 2.08 bits per heavy atom. The van der Waals surface area contributed by atoms with Gasteiger partial charge in [-0.3, -0.25) is 9.59 Å². The van der Waals surface area contributed by atoms with Gasteiger partial charge in [0.15, 0.2) is 12.4 Å². The van der Waals surface area contributed by atoms with Crippen molar-refractivity contribution in [2.24, 2.45) is 29.6 Å². The second-order valence-corrected chi connectivity index (χ2v) is 9.05. The van der Waals surface area contributed by atoms with Crippen LogP contribution in [0, 0.1) is 29.6 Å². The molecule has 4 bridgehead atoms. The van der Waals surface area contributed by atoms with Crippen LogP contribution in [0.1, 0.15) is 44.9 Å². The van der Waals surface area contributed by atoms with Crippen LogP contribution >= 0.6 is 0 Å². The quantitative estimate of drug-likeness (QED) is 0.717. The first-order valence-corrected chi connectivity index (χ1v) is 10.3. The van der Waals surface area contributed by atoms with Crippen LogP contribution in [0.2, 0.25) is 0 Å². The molecule has 4 saturated carbocycles. The minimum Gasteiger partial charge on any atom is -0.455 e. The molecule has 2 saturated heterocycles. The highest BCUT2D eigenvalue weighted by Gasteiger charge is 2.51. The fraction of sp³-hybridized carbons (Fsp3) is 0.900. The van der Waals surface area contributed by atoms with Crippen LogP contribution in [0.4, 0.5) is 0 Å². The molecule has 0 radical (unpaired) electrons. The highest BCUT2D eigenvalue weighted by Crippen LogP contribution is 2.56. The molecule has 6 fully saturated rings. The minimum absolute atomic E-state index is 0.0421. The molecule has 144 valence electrons. The van der Waals surface area contributed by atoms with Crippen molar-refractivity contribution in [2.75, 3.05) is 32.9 Å². The Balaban J connectivity index is 1.12. The lowest BCUT2D eigenvalue weighted by Gasteiger charge is -2.53. The monoisotopic (exact) mass is 363 g/mol. The summed E-state index contributed by atoms with van der Waals surface area (Å²) in [6.45, 7) is 2.37. The number of esters is 1. The first-order chi connectivity index (χ1) is 12.6. The lowest BCUT2D eigenvalue weighted by molar-refractivity contribution is -0.189. The van der Waals surface area contributed by atoms with Crippen LogP contribution in [-0.4, -0.2) is 55.5 Å². The SMILES string of the molecule is O=C(OCC(=O)N1CCC2(CC1)OCCO2)C1C2CC3CC(C2)CC1C3. The standard InChI is InChI=1S/C20H29NO5/c22-17(21-3-1-20(2-4-21)25-5-6-26-20)12-24-19(23)18-15-8-13-7-14(10-15)11-16(18)9-13/h13-16,18H,1-12H2. The zero-order chi connectivity index (χ0) is 17.7. The second kappa shape index (κ2) is 6.48. The van der Waals surface area contributed by atoms with Crippen molar-refractivity contribution in [3.05, 3.63) is 0 Å². The molecule has 26 heavy (non-hydrogen) atoms. The molecule has 6 nitrogen and oxygen atoms in total. The maximum atomic E-state index is 12.7. The normalized spacial score (nSPS) is 40.2. The number of hydrogen-bond donors (Lipinski definition) is 0. The van der Waals surface area contributed by atoms with Crippen LogP contribution in [0.25, 0.3) is 0 Å². The van der Waals surface area contributed by atoms with E-state index in [1.807, 2.05) is 0 Å². The Labute approximate surface area is 154 Å². The van der Waals surface area contributed by atoms with Crippen molar-refractivity contribution >= 4 is 11.9 Å². The molecule has 6 rings (SSSR count). The van der Waals surface area contributed by atoms with Gasteiger partial charge in [-0.1, -0.05) is 0 Å². The summed E-state index contributed by atoms with van der Waals surface area (Å²) in [5.74, 6) is 2.03. The summed E-state index contributed by atoms with van der Waals surface area (Å²) in [6, 6.07) is 0. The molecule has 6 heteroatoms.